The fraction of sp³-hybridized carbons (Fsp3) is 0.0909. The highest BCUT2D eigenvalue weighted by Crippen LogP contribution is 2.30. The van der Waals surface area contributed by atoms with Gasteiger partial charge in [-0.25, -0.2) is 0 Å². The molecular formula is C11H9Cl2N3O. The van der Waals surface area contributed by atoms with Crippen LogP contribution >= 0.6 is 23.2 Å². The van der Waals surface area contributed by atoms with Crippen molar-refractivity contribution in [3.63, 3.8) is 0 Å². The zero-order chi connectivity index (χ0) is 12.3. The van der Waals surface area contributed by atoms with Gasteiger partial charge in [0, 0.05) is 6.07 Å². The first-order chi connectivity index (χ1) is 8.20. The molecule has 0 aliphatic heterocycles. The molecule has 0 radical (unpaired) electrons. The van der Waals surface area contributed by atoms with Crippen LogP contribution in [-0.2, 0) is 0 Å². The average Bonchev–Trinajstić information content (AvgIpc) is 2.34. The predicted molar refractivity (Wildman–Crippen MR) is 68.3 cm³/mol. The molecule has 0 unspecified atom stereocenters. The van der Waals surface area contributed by atoms with Crippen molar-refractivity contribution in [1.82, 2.24) is 10.2 Å². The van der Waals surface area contributed by atoms with Crippen molar-refractivity contribution in [2.45, 2.75) is 0 Å². The summed E-state index contributed by atoms with van der Waals surface area (Å²) in [4.78, 5) is 0. The Morgan fingerprint density at radius 1 is 1.12 bits per heavy atom. The van der Waals surface area contributed by atoms with E-state index in [1.165, 1.54) is 0 Å². The minimum Gasteiger partial charge on any atom is -0.495 e. The normalized spacial score (nSPS) is 10.1. The van der Waals surface area contributed by atoms with Crippen LogP contribution in [0, 0.1) is 0 Å². The summed E-state index contributed by atoms with van der Waals surface area (Å²) >= 11 is 11.7. The number of rotatable bonds is 3. The molecule has 0 amide bonds. The second-order valence-electron chi connectivity index (χ2n) is 3.20. The van der Waals surface area contributed by atoms with Gasteiger partial charge in [-0.15, -0.1) is 10.2 Å². The van der Waals surface area contributed by atoms with Crippen molar-refractivity contribution in [3.8, 4) is 5.75 Å². The smallest absolute Gasteiger partial charge is 0.175 e. The second kappa shape index (κ2) is 5.21. The van der Waals surface area contributed by atoms with Crippen LogP contribution in [0.2, 0.25) is 10.3 Å². The summed E-state index contributed by atoms with van der Waals surface area (Å²) in [6, 6.07) is 9.07. The third-order valence-electron chi connectivity index (χ3n) is 2.10. The summed E-state index contributed by atoms with van der Waals surface area (Å²) in [7, 11) is 1.60. The lowest BCUT2D eigenvalue weighted by atomic mass is 10.3. The van der Waals surface area contributed by atoms with Crippen LogP contribution in [-0.4, -0.2) is 17.3 Å². The molecule has 2 rings (SSSR count). The Morgan fingerprint density at radius 3 is 2.65 bits per heavy atom. The molecule has 1 aromatic carbocycles. The van der Waals surface area contributed by atoms with E-state index >= 15 is 0 Å². The molecule has 0 saturated carbocycles. The minimum absolute atomic E-state index is 0.250. The topological polar surface area (TPSA) is 47.0 Å². The average molecular weight is 270 g/mol. The van der Waals surface area contributed by atoms with E-state index in [-0.39, 0.29) is 10.3 Å². The number of hydrogen-bond donors (Lipinski definition) is 1. The van der Waals surface area contributed by atoms with Gasteiger partial charge in [0.15, 0.2) is 10.3 Å². The zero-order valence-electron chi connectivity index (χ0n) is 8.95. The Bertz CT molecular complexity index is 534. The van der Waals surface area contributed by atoms with Gasteiger partial charge in [0.2, 0.25) is 0 Å². The number of nitrogens with zero attached hydrogens (tertiary/aromatic N) is 2. The van der Waals surface area contributed by atoms with Crippen molar-refractivity contribution in [1.29, 1.82) is 0 Å². The van der Waals surface area contributed by atoms with Crippen LogP contribution in [0.15, 0.2) is 30.3 Å². The number of ether oxygens (including phenoxy) is 1. The maximum Gasteiger partial charge on any atom is 0.175 e. The van der Waals surface area contributed by atoms with E-state index in [4.69, 9.17) is 27.9 Å². The zero-order valence-corrected chi connectivity index (χ0v) is 10.5. The number of aromatic nitrogens is 2. The first kappa shape index (κ1) is 12.0. The number of nitrogens with one attached hydrogen (secondary N) is 1. The van der Waals surface area contributed by atoms with Crippen molar-refractivity contribution in [2.75, 3.05) is 12.4 Å². The summed E-state index contributed by atoms with van der Waals surface area (Å²) in [6.07, 6.45) is 0. The van der Waals surface area contributed by atoms with Gasteiger partial charge in [-0.05, 0) is 12.1 Å². The molecule has 0 fully saturated rings. The second-order valence-corrected chi connectivity index (χ2v) is 3.94. The molecule has 0 atom stereocenters. The van der Waals surface area contributed by atoms with E-state index in [0.29, 0.717) is 11.4 Å². The SMILES string of the molecule is COc1ccccc1Nc1cc(Cl)nnc1Cl. The largest absolute Gasteiger partial charge is 0.495 e. The Morgan fingerprint density at radius 2 is 1.88 bits per heavy atom. The van der Waals surface area contributed by atoms with Crippen molar-refractivity contribution >= 4 is 34.6 Å². The number of halogens is 2. The van der Waals surface area contributed by atoms with Gasteiger partial charge in [-0.3, -0.25) is 0 Å². The molecule has 1 N–H and O–H groups in total. The van der Waals surface area contributed by atoms with Crippen molar-refractivity contribution in [3.05, 3.63) is 40.6 Å². The highest BCUT2D eigenvalue weighted by Gasteiger charge is 2.07. The molecule has 1 aromatic heterocycles. The fourth-order valence-corrected chi connectivity index (χ4v) is 1.62. The van der Waals surface area contributed by atoms with E-state index in [1.54, 1.807) is 13.2 Å². The molecule has 4 nitrogen and oxygen atoms in total. The third kappa shape index (κ3) is 2.78. The van der Waals surface area contributed by atoms with Crippen molar-refractivity contribution < 1.29 is 4.74 Å². The van der Waals surface area contributed by atoms with Crippen LogP contribution in [0.1, 0.15) is 0 Å². The van der Waals surface area contributed by atoms with Crippen LogP contribution in [0.25, 0.3) is 0 Å². The molecule has 0 bridgehead atoms. The van der Waals surface area contributed by atoms with E-state index in [1.807, 2.05) is 24.3 Å². The van der Waals surface area contributed by atoms with E-state index in [0.717, 1.165) is 5.69 Å². The maximum absolute atomic E-state index is 5.91. The Hall–Kier alpha value is -1.52. The maximum atomic E-state index is 5.91. The number of methoxy groups -OCH3 is 1. The molecule has 0 aliphatic rings. The van der Waals surface area contributed by atoms with Gasteiger partial charge >= 0.3 is 0 Å². The van der Waals surface area contributed by atoms with Gasteiger partial charge < -0.3 is 10.1 Å². The molecule has 0 aliphatic carbocycles. The van der Waals surface area contributed by atoms with E-state index in [2.05, 4.69) is 15.5 Å². The summed E-state index contributed by atoms with van der Waals surface area (Å²) in [6.45, 7) is 0. The molecule has 88 valence electrons. The summed E-state index contributed by atoms with van der Waals surface area (Å²) < 4.78 is 5.21. The van der Waals surface area contributed by atoms with Crippen LogP contribution in [0.3, 0.4) is 0 Å². The van der Waals surface area contributed by atoms with E-state index in [9.17, 15) is 0 Å². The fourth-order valence-electron chi connectivity index (χ4n) is 1.33. The van der Waals surface area contributed by atoms with Crippen LogP contribution in [0.5, 0.6) is 5.75 Å². The molecule has 0 spiro atoms. The summed E-state index contributed by atoms with van der Waals surface area (Å²) in [5.74, 6) is 0.705. The lowest BCUT2D eigenvalue weighted by molar-refractivity contribution is 0.417. The number of hydrogen-bond acceptors (Lipinski definition) is 4. The lowest BCUT2D eigenvalue weighted by Crippen LogP contribution is -1.97. The highest BCUT2D eigenvalue weighted by molar-refractivity contribution is 6.33. The minimum atomic E-state index is 0.250. The summed E-state index contributed by atoms with van der Waals surface area (Å²) in [5.41, 5.74) is 1.36. The summed E-state index contributed by atoms with van der Waals surface area (Å²) in [5, 5.41) is 11.0. The van der Waals surface area contributed by atoms with Crippen molar-refractivity contribution in [2.24, 2.45) is 0 Å². The van der Waals surface area contributed by atoms with E-state index < -0.39 is 0 Å². The standard InChI is InChI=1S/C11H9Cl2N3O/c1-17-9-5-3-2-4-7(9)14-8-6-10(12)15-16-11(8)13/h2-6H,1H3,(H,14,15). The first-order valence-electron chi connectivity index (χ1n) is 4.79. The molecule has 2 aromatic rings. The lowest BCUT2D eigenvalue weighted by Gasteiger charge is -2.11. The Balaban J connectivity index is 2.34. The Labute approximate surface area is 109 Å². The van der Waals surface area contributed by atoms with Gasteiger partial charge in [-0.1, -0.05) is 35.3 Å². The number of anilines is 2. The molecule has 1 heterocycles. The number of para-hydroxylation sites is 2. The quantitative estimate of drug-likeness (QED) is 0.926. The number of benzene rings is 1. The van der Waals surface area contributed by atoms with Gasteiger partial charge in [0.1, 0.15) is 5.75 Å². The van der Waals surface area contributed by atoms with Crippen LogP contribution < -0.4 is 10.1 Å². The molecular weight excluding hydrogens is 261 g/mol. The van der Waals surface area contributed by atoms with Gasteiger partial charge in [0.25, 0.3) is 0 Å². The Kier molecular flexibility index (Phi) is 3.66. The molecule has 6 heteroatoms. The van der Waals surface area contributed by atoms with Gasteiger partial charge in [0.05, 0.1) is 18.5 Å². The highest BCUT2D eigenvalue weighted by atomic mass is 35.5. The predicted octanol–water partition coefficient (Wildman–Crippen LogP) is 3.54. The third-order valence-corrected chi connectivity index (χ3v) is 2.56. The molecule has 17 heavy (non-hydrogen) atoms. The first-order valence-corrected chi connectivity index (χ1v) is 5.55. The molecule has 0 saturated heterocycles. The monoisotopic (exact) mass is 269 g/mol. The van der Waals surface area contributed by atoms with Gasteiger partial charge in [-0.2, -0.15) is 0 Å². The van der Waals surface area contributed by atoms with Crippen LogP contribution in [0.4, 0.5) is 11.4 Å².